The van der Waals surface area contributed by atoms with E-state index >= 15 is 0 Å². The van der Waals surface area contributed by atoms with Crippen molar-refractivity contribution in [2.75, 3.05) is 0 Å². The lowest BCUT2D eigenvalue weighted by Crippen LogP contribution is -2.63. The summed E-state index contributed by atoms with van der Waals surface area (Å²) >= 11 is 0. The Morgan fingerprint density at radius 2 is 0.945 bits per heavy atom. The van der Waals surface area contributed by atoms with Crippen LogP contribution < -0.4 is 9.47 Å². The second-order valence-electron chi connectivity index (χ2n) is 19.7. The molecule has 2 fully saturated rings. The normalized spacial score (nSPS) is 24.1. The topological polar surface area (TPSA) is 81.7 Å². The summed E-state index contributed by atoms with van der Waals surface area (Å²) in [4.78, 5) is 0. The van der Waals surface area contributed by atoms with E-state index in [4.69, 9.17) is 37.3 Å². The van der Waals surface area contributed by atoms with Crippen molar-refractivity contribution >= 4 is 27.5 Å². The Morgan fingerprint density at radius 3 is 1.49 bits per heavy atom. The van der Waals surface area contributed by atoms with E-state index in [9.17, 15) is 0 Å². The van der Waals surface area contributed by atoms with Gasteiger partial charge in [-0.1, -0.05) is 27.7 Å². The van der Waals surface area contributed by atoms with Crippen LogP contribution in [0, 0.1) is 53.9 Å². The summed E-state index contributed by atoms with van der Waals surface area (Å²) < 4.78 is 51.5. The zero-order valence-electron chi connectivity index (χ0n) is 37.3. The van der Waals surface area contributed by atoms with Gasteiger partial charge in [0.15, 0.2) is 0 Å². The van der Waals surface area contributed by atoms with Crippen LogP contribution in [0.1, 0.15) is 147 Å². The van der Waals surface area contributed by atoms with Gasteiger partial charge in [0.25, 0.3) is 0 Å². The number of benzene rings is 2. The third-order valence-corrected chi connectivity index (χ3v) is 15.0. The van der Waals surface area contributed by atoms with E-state index in [-0.39, 0.29) is 5.41 Å². The Bertz CT molecular complexity index is 2300. The lowest BCUT2D eigenvalue weighted by atomic mass is 9.59. The van der Waals surface area contributed by atoms with Crippen molar-refractivity contribution in [3.8, 4) is 11.5 Å². The summed E-state index contributed by atoms with van der Waals surface area (Å²) in [7, 11) is 0. The second kappa shape index (κ2) is 11.4. The van der Waals surface area contributed by atoms with Crippen molar-refractivity contribution in [1.82, 2.24) is 0 Å². The molecule has 300 valence electrons. The Balaban J connectivity index is 0.000000170. The van der Waals surface area contributed by atoms with Crippen molar-refractivity contribution < 1.29 is 37.3 Å². The number of allylic oxidation sites excluding steroid dienone is 1. The van der Waals surface area contributed by atoms with Gasteiger partial charge >= 0.3 is 11.9 Å². The van der Waals surface area contributed by atoms with Crippen LogP contribution in [-0.4, -0.2) is 34.4 Å². The maximum absolute atomic E-state index is 6.77. The maximum atomic E-state index is 6.77. The largest absolute Gasteiger partial charge is 0.461 e. The van der Waals surface area contributed by atoms with Gasteiger partial charge in [-0.25, -0.2) is 0 Å². The fourth-order valence-electron chi connectivity index (χ4n) is 8.80. The van der Waals surface area contributed by atoms with Crippen molar-refractivity contribution in [2.45, 2.75) is 185 Å². The summed E-state index contributed by atoms with van der Waals surface area (Å²) in [6.07, 6.45) is 0. The van der Waals surface area contributed by atoms with Crippen molar-refractivity contribution in [1.29, 1.82) is 0 Å². The molecule has 0 radical (unpaired) electrons. The lowest BCUT2D eigenvalue weighted by Gasteiger charge is -2.55. The van der Waals surface area contributed by atoms with Crippen LogP contribution in [0.5, 0.6) is 11.5 Å². The molecule has 0 N–H and O–H groups in total. The molecule has 6 heterocycles. The van der Waals surface area contributed by atoms with Crippen LogP contribution in [0.2, 0.25) is 0 Å². The highest BCUT2D eigenvalue weighted by Gasteiger charge is 2.71. The minimum absolute atomic E-state index is 0.266. The molecule has 0 aliphatic carbocycles. The highest BCUT2D eigenvalue weighted by molar-refractivity contribution is 5.93. The van der Waals surface area contributed by atoms with E-state index in [1.165, 1.54) is 27.6 Å². The molecule has 0 amide bonds. The van der Waals surface area contributed by atoms with E-state index in [0.717, 1.165) is 67.4 Å². The van der Waals surface area contributed by atoms with Gasteiger partial charge in [0.2, 0.25) is 0 Å². The molecule has 55 heavy (non-hydrogen) atoms. The molecule has 2 aromatic carbocycles. The average Bonchev–Trinajstić information content (AvgIpc) is 3.64. The molecule has 2 aromatic heterocycles. The van der Waals surface area contributed by atoms with Crippen molar-refractivity contribution in [3.63, 3.8) is 0 Å². The molecular formula is C47H64O8. The number of hydrogen-bond acceptors (Lipinski definition) is 8. The van der Waals surface area contributed by atoms with Gasteiger partial charge in [-0.15, -0.1) is 0 Å². The molecule has 2 saturated heterocycles. The SMILES string of the molecule is CC1=C(C)C2(Oc3c1cc1c(C)c(C)oc1c3C)OC(C)(C)C(C)(C)O2.Cc1oc2c(C)c3c(c(C)c2c1C)C(C)(C)C(C)(C)C1(O3)OC(C)(C)C(C)(C)O1. The Kier molecular flexibility index (Phi) is 8.29. The van der Waals surface area contributed by atoms with Gasteiger partial charge in [-0.2, -0.15) is 0 Å². The smallest absolute Gasteiger partial charge is 0.353 e. The maximum Gasteiger partial charge on any atom is 0.353 e. The predicted molar refractivity (Wildman–Crippen MR) is 218 cm³/mol. The van der Waals surface area contributed by atoms with E-state index in [2.05, 4.69) is 96.1 Å². The van der Waals surface area contributed by atoms with Crippen LogP contribution >= 0.6 is 0 Å². The number of aryl methyl sites for hydroxylation is 7. The average molecular weight is 757 g/mol. The van der Waals surface area contributed by atoms with Gasteiger partial charge in [-0.3, -0.25) is 0 Å². The molecular weight excluding hydrogens is 693 g/mol. The number of fused-ring (bicyclic) bond motifs is 4. The highest BCUT2D eigenvalue weighted by atomic mass is 16.9. The van der Waals surface area contributed by atoms with Gasteiger partial charge in [0.05, 0.1) is 27.8 Å². The molecule has 4 aliphatic rings. The summed E-state index contributed by atoms with van der Waals surface area (Å²) in [5.41, 5.74) is 9.07. The highest BCUT2D eigenvalue weighted by Crippen LogP contribution is 2.64. The van der Waals surface area contributed by atoms with E-state index in [1.54, 1.807) is 0 Å². The van der Waals surface area contributed by atoms with Crippen molar-refractivity contribution in [2.24, 2.45) is 5.41 Å². The zero-order chi connectivity index (χ0) is 41.2. The third-order valence-electron chi connectivity index (χ3n) is 15.0. The molecule has 8 nitrogen and oxygen atoms in total. The van der Waals surface area contributed by atoms with Crippen LogP contribution in [0.25, 0.3) is 27.5 Å². The molecule has 8 rings (SSSR count). The number of furan rings is 2. The minimum Gasteiger partial charge on any atom is -0.461 e. The molecule has 2 spiro atoms. The molecule has 4 aromatic rings. The number of hydrogen-bond donors (Lipinski definition) is 0. The van der Waals surface area contributed by atoms with Gasteiger partial charge < -0.3 is 37.3 Å². The summed E-state index contributed by atoms with van der Waals surface area (Å²) in [6, 6.07) is 2.17. The molecule has 8 heteroatoms. The molecule has 0 atom stereocenters. The second-order valence-corrected chi connectivity index (χ2v) is 19.7. The fraction of sp³-hybridized carbons (Fsp3) is 0.617. The molecule has 0 bridgehead atoms. The van der Waals surface area contributed by atoms with Gasteiger partial charge in [0, 0.05) is 44.0 Å². The van der Waals surface area contributed by atoms with Crippen LogP contribution in [0.4, 0.5) is 0 Å². The minimum atomic E-state index is -1.20. The van der Waals surface area contributed by atoms with E-state index in [1.807, 2.05) is 55.4 Å². The first kappa shape index (κ1) is 39.9. The molecule has 4 aliphatic heterocycles. The Morgan fingerprint density at radius 1 is 0.473 bits per heavy atom. The number of rotatable bonds is 0. The van der Waals surface area contributed by atoms with Crippen LogP contribution in [0.15, 0.2) is 20.5 Å². The molecule has 0 saturated carbocycles. The standard InChI is InChI=1S/C25H36O4.C22H28O4/c1-13-16(4)26-19-15(3)20-18(14(2)17(13)19)21(5,6)22(7,8)25(27-20)28-23(9,10)24(11,12)29-25;1-11-14(4)22(25-20(6,7)21(8,9)26-22)24-19-13(3)18-17(10-16(11)19)12(2)15(5)23-18/h1-12H3;10H,1-9H3. The lowest BCUT2D eigenvalue weighted by molar-refractivity contribution is -0.381. The third kappa shape index (κ3) is 5.02. The zero-order valence-corrected chi connectivity index (χ0v) is 37.3. The quantitative estimate of drug-likeness (QED) is 0.175. The van der Waals surface area contributed by atoms with Crippen LogP contribution in [0.3, 0.4) is 0 Å². The summed E-state index contributed by atoms with van der Waals surface area (Å²) in [5.74, 6) is 1.13. The molecule has 0 unspecified atom stereocenters. The predicted octanol–water partition coefficient (Wildman–Crippen LogP) is 12.4. The van der Waals surface area contributed by atoms with E-state index in [0.29, 0.717) is 0 Å². The first-order valence-corrected chi connectivity index (χ1v) is 19.8. The fourth-order valence-corrected chi connectivity index (χ4v) is 8.80. The Hall–Kier alpha value is -3.30. The van der Waals surface area contributed by atoms with Gasteiger partial charge in [0.1, 0.15) is 34.2 Å². The van der Waals surface area contributed by atoms with Crippen LogP contribution in [-0.2, 0) is 24.4 Å². The first-order valence-electron chi connectivity index (χ1n) is 19.8. The Labute approximate surface area is 328 Å². The summed E-state index contributed by atoms with van der Waals surface area (Å²) in [5, 5.41) is 2.34. The summed E-state index contributed by atoms with van der Waals surface area (Å²) in [6.45, 7) is 44.1. The van der Waals surface area contributed by atoms with E-state index < -0.39 is 39.8 Å². The van der Waals surface area contributed by atoms with Gasteiger partial charge in [-0.05, 0) is 146 Å². The van der Waals surface area contributed by atoms with Crippen molar-refractivity contribution in [3.05, 3.63) is 62.1 Å². The first-order chi connectivity index (χ1) is 24.9. The monoisotopic (exact) mass is 756 g/mol. The number of ether oxygens (including phenoxy) is 6.